The fourth-order valence-electron chi connectivity index (χ4n) is 2.35. The third-order valence-electron chi connectivity index (χ3n) is 3.52. The first-order valence-electron chi connectivity index (χ1n) is 6.19. The van der Waals surface area contributed by atoms with Gasteiger partial charge >= 0.3 is 6.18 Å². The lowest BCUT2D eigenvalue weighted by Gasteiger charge is -2.32. The number of nitrogens with two attached hydrogens (primary N) is 1. The Labute approximate surface area is 115 Å². The van der Waals surface area contributed by atoms with Gasteiger partial charge in [0.2, 0.25) is 0 Å². The summed E-state index contributed by atoms with van der Waals surface area (Å²) in [7, 11) is 0. The van der Waals surface area contributed by atoms with E-state index in [1.165, 1.54) is 0 Å². The molecule has 0 amide bonds. The van der Waals surface area contributed by atoms with Crippen LogP contribution in [0.15, 0.2) is 18.2 Å². The van der Waals surface area contributed by atoms with Gasteiger partial charge in [0.1, 0.15) is 0 Å². The van der Waals surface area contributed by atoms with E-state index < -0.39 is 12.1 Å². The molecule has 0 atom stereocenters. The Morgan fingerprint density at radius 3 is 2.42 bits per heavy atom. The Bertz CT molecular complexity index is 440. The molecule has 2 rings (SSSR count). The van der Waals surface area contributed by atoms with Crippen LogP contribution in [0, 0.1) is 5.92 Å². The Hall–Kier alpha value is -0.940. The molecule has 1 saturated heterocycles. The molecule has 1 aliphatic rings. The molecule has 0 unspecified atom stereocenters. The van der Waals surface area contributed by atoms with Crippen molar-refractivity contribution in [1.82, 2.24) is 4.90 Å². The molecule has 6 heteroatoms. The van der Waals surface area contributed by atoms with Crippen LogP contribution in [0.25, 0.3) is 0 Å². The number of alkyl halides is 3. The summed E-state index contributed by atoms with van der Waals surface area (Å²) in [6.45, 7) is 1.54. The van der Waals surface area contributed by atoms with Crippen molar-refractivity contribution in [3.05, 3.63) is 28.8 Å². The molecule has 1 fully saturated rings. The molecular weight excluding hydrogens is 277 g/mol. The second kappa shape index (κ2) is 5.59. The lowest BCUT2D eigenvalue weighted by atomic mass is 9.96. The number of anilines is 1. The normalized spacial score (nSPS) is 18.7. The standard InChI is InChI=1S/C13H16ClF3N2/c14-11-7-9(1-2-12(11)18)8-19-5-3-10(4-6-19)13(15,16)17/h1-2,7,10H,3-6,8,18H2. The molecule has 2 nitrogen and oxygen atoms in total. The molecule has 1 aromatic carbocycles. The van der Waals surface area contributed by atoms with Crippen LogP contribution in [0.3, 0.4) is 0 Å². The molecule has 0 aliphatic carbocycles. The second-order valence-electron chi connectivity index (χ2n) is 4.95. The largest absolute Gasteiger partial charge is 0.398 e. The quantitative estimate of drug-likeness (QED) is 0.842. The molecule has 0 bridgehead atoms. The predicted molar refractivity (Wildman–Crippen MR) is 69.9 cm³/mol. The van der Waals surface area contributed by atoms with E-state index in [0.717, 1.165) is 5.56 Å². The van der Waals surface area contributed by atoms with Gasteiger partial charge in [-0.25, -0.2) is 0 Å². The lowest BCUT2D eigenvalue weighted by Crippen LogP contribution is -2.38. The molecule has 2 N–H and O–H groups in total. The summed E-state index contributed by atoms with van der Waals surface area (Å²) in [4.78, 5) is 2.02. The molecule has 19 heavy (non-hydrogen) atoms. The van der Waals surface area contributed by atoms with Gasteiger partial charge in [-0.2, -0.15) is 13.2 Å². The van der Waals surface area contributed by atoms with Crippen molar-refractivity contribution < 1.29 is 13.2 Å². The van der Waals surface area contributed by atoms with Gasteiger partial charge in [0.05, 0.1) is 16.6 Å². The molecule has 0 spiro atoms. The van der Waals surface area contributed by atoms with E-state index in [1.54, 1.807) is 12.1 Å². The van der Waals surface area contributed by atoms with Crippen molar-refractivity contribution in [2.45, 2.75) is 25.6 Å². The number of hydrogen-bond acceptors (Lipinski definition) is 2. The minimum atomic E-state index is -4.06. The van der Waals surface area contributed by atoms with Crippen LogP contribution in [-0.2, 0) is 6.54 Å². The molecule has 1 aromatic rings. The van der Waals surface area contributed by atoms with Gasteiger partial charge in [-0.05, 0) is 43.6 Å². The Morgan fingerprint density at radius 1 is 1.26 bits per heavy atom. The van der Waals surface area contributed by atoms with Crippen LogP contribution < -0.4 is 5.73 Å². The summed E-state index contributed by atoms with van der Waals surface area (Å²) in [6.07, 6.45) is -3.71. The Kier molecular flexibility index (Phi) is 4.26. The average Bonchev–Trinajstić information content (AvgIpc) is 2.33. The number of hydrogen-bond donors (Lipinski definition) is 1. The number of piperidine rings is 1. The Balaban J connectivity index is 1.90. The first-order valence-corrected chi connectivity index (χ1v) is 6.57. The Morgan fingerprint density at radius 2 is 1.89 bits per heavy atom. The highest BCUT2D eigenvalue weighted by atomic mass is 35.5. The zero-order valence-corrected chi connectivity index (χ0v) is 11.1. The van der Waals surface area contributed by atoms with Gasteiger partial charge in [-0.3, -0.25) is 4.90 Å². The van der Waals surface area contributed by atoms with Crippen molar-refractivity contribution in [2.75, 3.05) is 18.8 Å². The molecule has 0 saturated carbocycles. The molecular formula is C13H16ClF3N2. The minimum Gasteiger partial charge on any atom is -0.398 e. The maximum Gasteiger partial charge on any atom is 0.391 e. The summed E-state index contributed by atoms with van der Waals surface area (Å²) >= 11 is 5.92. The van der Waals surface area contributed by atoms with E-state index in [0.29, 0.717) is 30.3 Å². The monoisotopic (exact) mass is 292 g/mol. The van der Waals surface area contributed by atoms with E-state index >= 15 is 0 Å². The van der Waals surface area contributed by atoms with Gasteiger partial charge in [-0.15, -0.1) is 0 Å². The molecule has 0 aromatic heterocycles. The van der Waals surface area contributed by atoms with Crippen LogP contribution in [-0.4, -0.2) is 24.2 Å². The predicted octanol–water partition coefficient (Wildman–Crippen LogP) is 3.70. The maximum absolute atomic E-state index is 12.5. The summed E-state index contributed by atoms with van der Waals surface area (Å²) in [5, 5.41) is 0.489. The summed E-state index contributed by atoms with van der Waals surface area (Å²) in [5.74, 6) is -1.15. The fraction of sp³-hybridized carbons (Fsp3) is 0.538. The van der Waals surface area contributed by atoms with E-state index in [-0.39, 0.29) is 12.8 Å². The first kappa shape index (κ1) is 14.5. The van der Waals surface area contributed by atoms with Gasteiger partial charge in [0, 0.05) is 6.54 Å². The van der Waals surface area contributed by atoms with Crippen LogP contribution in [0.1, 0.15) is 18.4 Å². The molecule has 0 radical (unpaired) electrons. The highest BCUT2D eigenvalue weighted by Crippen LogP contribution is 2.34. The van der Waals surface area contributed by atoms with Crippen molar-refractivity contribution in [2.24, 2.45) is 5.92 Å². The molecule has 106 valence electrons. The van der Waals surface area contributed by atoms with E-state index in [9.17, 15) is 13.2 Å². The number of nitrogen functional groups attached to an aromatic ring is 1. The highest BCUT2D eigenvalue weighted by Gasteiger charge is 2.40. The number of halogens is 4. The fourth-order valence-corrected chi connectivity index (χ4v) is 2.55. The average molecular weight is 293 g/mol. The molecule has 1 heterocycles. The van der Waals surface area contributed by atoms with Crippen LogP contribution in [0.2, 0.25) is 5.02 Å². The minimum absolute atomic E-state index is 0.173. The third kappa shape index (κ3) is 3.76. The van der Waals surface area contributed by atoms with Crippen LogP contribution in [0.5, 0.6) is 0 Å². The van der Waals surface area contributed by atoms with E-state index in [1.807, 2.05) is 11.0 Å². The van der Waals surface area contributed by atoms with E-state index in [4.69, 9.17) is 17.3 Å². The van der Waals surface area contributed by atoms with Crippen LogP contribution in [0.4, 0.5) is 18.9 Å². The summed E-state index contributed by atoms with van der Waals surface area (Å²) in [5.41, 5.74) is 7.11. The maximum atomic E-state index is 12.5. The zero-order valence-electron chi connectivity index (χ0n) is 10.4. The van der Waals surface area contributed by atoms with Gasteiger partial charge < -0.3 is 5.73 Å². The molecule has 1 aliphatic heterocycles. The first-order chi connectivity index (χ1) is 8.86. The van der Waals surface area contributed by atoms with Crippen molar-refractivity contribution in [3.8, 4) is 0 Å². The zero-order chi connectivity index (χ0) is 14.0. The summed E-state index contributed by atoms with van der Waals surface area (Å²) < 4.78 is 37.6. The van der Waals surface area contributed by atoms with Gasteiger partial charge in [0.15, 0.2) is 0 Å². The topological polar surface area (TPSA) is 29.3 Å². The van der Waals surface area contributed by atoms with Crippen molar-refractivity contribution >= 4 is 17.3 Å². The van der Waals surface area contributed by atoms with Crippen molar-refractivity contribution in [3.63, 3.8) is 0 Å². The smallest absolute Gasteiger partial charge is 0.391 e. The van der Waals surface area contributed by atoms with Crippen molar-refractivity contribution in [1.29, 1.82) is 0 Å². The summed E-state index contributed by atoms with van der Waals surface area (Å²) in [6, 6.07) is 5.35. The van der Waals surface area contributed by atoms with E-state index in [2.05, 4.69) is 0 Å². The SMILES string of the molecule is Nc1ccc(CN2CCC(C(F)(F)F)CC2)cc1Cl. The highest BCUT2D eigenvalue weighted by molar-refractivity contribution is 6.33. The number of nitrogens with zero attached hydrogens (tertiary/aromatic N) is 1. The second-order valence-corrected chi connectivity index (χ2v) is 5.36. The number of rotatable bonds is 2. The van der Waals surface area contributed by atoms with Crippen LogP contribution >= 0.6 is 11.6 Å². The third-order valence-corrected chi connectivity index (χ3v) is 3.85. The van der Waals surface area contributed by atoms with Gasteiger partial charge in [-0.1, -0.05) is 17.7 Å². The lowest BCUT2D eigenvalue weighted by molar-refractivity contribution is -0.185. The number of benzene rings is 1. The number of likely N-dealkylation sites (tertiary alicyclic amines) is 1. The van der Waals surface area contributed by atoms with Gasteiger partial charge in [0.25, 0.3) is 0 Å².